The predicted molar refractivity (Wildman–Crippen MR) is 54.8 cm³/mol. The van der Waals surface area contributed by atoms with Crippen molar-refractivity contribution in [1.82, 2.24) is 9.78 Å². The van der Waals surface area contributed by atoms with Gasteiger partial charge in [-0.2, -0.15) is 5.10 Å². The lowest BCUT2D eigenvalue weighted by Gasteiger charge is -2.00. The van der Waals surface area contributed by atoms with E-state index in [0.29, 0.717) is 13.2 Å². The summed E-state index contributed by atoms with van der Waals surface area (Å²) in [6, 6.07) is 0. The molecule has 0 unspecified atom stereocenters. The van der Waals surface area contributed by atoms with E-state index in [4.69, 9.17) is 10.5 Å². The van der Waals surface area contributed by atoms with E-state index in [1.807, 2.05) is 0 Å². The van der Waals surface area contributed by atoms with Crippen LogP contribution in [0.1, 0.15) is 12.5 Å². The average molecular weight is 207 g/mol. The zero-order chi connectivity index (χ0) is 11.1. The summed E-state index contributed by atoms with van der Waals surface area (Å²) in [5.41, 5.74) is 5.97. The molecule has 1 heterocycles. The topological polar surface area (TPSA) is 70.1 Å². The van der Waals surface area contributed by atoms with Crippen LogP contribution in [0.4, 0.5) is 0 Å². The molecule has 1 aromatic heterocycles. The Morgan fingerprint density at radius 1 is 1.73 bits per heavy atom. The summed E-state index contributed by atoms with van der Waals surface area (Å²) in [5, 5.41) is 3.96. The molecule has 0 saturated carbocycles. The van der Waals surface area contributed by atoms with E-state index >= 15 is 0 Å². The fourth-order valence-electron chi connectivity index (χ4n) is 1.01. The van der Waals surface area contributed by atoms with Crippen LogP contribution in [0, 0.1) is 11.8 Å². The Bertz CT molecular complexity index is 387. The zero-order valence-electron chi connectivity index (χ0n) is 8.56. The van der Waals surface area contributed by atoms with Gasteiger partial charge in [-0.05, 0) is 6.92 Å². The number of rotatable bonds is 3. The van der Waals surface area contributed by atoms with Gasteiger partial charge in [-0.25, -0.2) is 0 Å². The minimum absolute atomic E-state index is 0.109. The van der Waals surface area contributed by atoms with Gasteiger partial charge in [0.25, 0.3) is 0 Å². The van der Waals surface area contributed by atoms with Gasteiger partial charge < -0.3 is 10.5 Å². The smallest absolute Gasteiger partial charge is 0.327 e. The summed E-state index contributed by atoms with van der Waals surface area (Å²) < 4.78 is 6.27. The van der Waals surface area contributed by atoms with Gasteiger partial charge in [0.2, 0.25) is 0 Å². The highest BCUT2D eigenvalue weighted by Gasteiger charge is 2.03. The third-order valence-corrected chi connectivity index (χ3v) is 1.56. The Balaban J connectivity index is 2.56. The molecule has 0 aliphatic rings. The molecule has 0 amide bonds. The molecule has 0 bridgehead atoms. The summed E-state index contributed by atoms with van der Waals surface area (Å²) in [4.78, 5) is 11.1. The Labute approximate surface area is 88.2 Å². The minimum atomic E-state index is -0.307. The molecule has 5 heteroatoms. The predicted octanol–water partition coefficient (Wildman–Crippen LogP) is -0.244. The van der Waals surface area contributed by atoms with Gasteiger partial charge in [0, 0.05) is 6.20 Å². The summed E-state index contributed by atoms with van der Waals surface area (Å²) in [5.74, 6) is 5.22. The fraction of sp³-hybridized carbons (Fsp3) is 0.400. The molecule has 1 aromatic rings. The average Bonchev–Trinajstić information content (AvgIpc) is 2.63. The lowest BCUT2D eigenvalue weighted by molar-refractivity contribution is -0.144. The summed E-state index contributed by atoms with van der Waals surface area (Å²) in [6.07, 6.45) is 3.27. The molecule has 0 atom stereocenters. The molecular weight excluding hydrogens is 194 g/mol. The summed E-state index contributed by atoms with van der Waals surface area (Å²) in [7, 11) is 0. The van der Waals surface area contributed by atoms with Crippen molar-refractivity contribution in [1.29, 1.82) is 0 Å². The number of nitrogens with zero attached hydrogens (tertiary/aromatic N) is 2. The molecule has 0 aliphatic heterocycles. The first kappa shape index (κ1) is 11.3. The monoisotopic (exact) mass is 207 g/mol. The number of ether oxygens (including phenoxy) is 1. The van der Waals surface area contributed by atoms with Gasteiger partial charge >= 0.3 is 5.97 Å². The molecule has 0 saturated heterocycles. The Kier molecular flexibility index (Phi) is 4.38. The summed E-state index contributed by atoms with van der Waals surface area (Å²) >= 11 is 0. The Morgan fingerprint density at radius 2 is 2.53 bits per heavy atom. The quantitative estimate of drug-likeness (QED) is 0.548. The van der Waals surface area contributed by atoms with Gasteiger partial charge in [0.1, 0.15) is 6.54 Å². The number of esters is 1. The second-order valence-corrected chi connectivity index (χ2v) is 2.74. The first-order chi connectivity index (χ1) is 7.26. The van der Waals surface area contributed by atoms with Crippen LogP contribution >= 0.6 is 0 Å². The molecule has 0 aromatic carbocycles. The minimum Gasteiger partial charge on any atom is -0.465 e. The van der Waals surface area contributed by atoms with Gasteiger partial charge in [0.05, 0.1) is 24.9 Å². The highest BCUT2D eigenvalue weighted by atomic mass is 16.5. The maximum absolute atomic E-state index is 11.1. The fourth-order valence-corrected chi connectivity index (χ4v) is 1.01. The van der Waals surface area contributed by atoms with Crippen molar-refractivity contribution in [3.8, 4) is 11.8 Å². The number of nitrogens with two attached hydrogens (primary N) is 1. The maximum Gasteiger partial charge on any atom is 0.327 e. The van der Waals surface area contributed by atoms with E-state index < -0.39 is 0 Å². The molecule has 80 valence electrons. The van der Waals surface area contributed by atoms with E-state index in [-0.39, 0.29) is 12.5 Å². The van der Waals surface area contributed by atoms with Crippen LogP contribution in [-0.2, 0) is 16.1 Å². The van der Waals surface area contributed by atoms with Crippen molar-refractivity contribution < 1.29 is 9.53 Å². The van der Waals surface area contributed by atoms with Crippen LogP contribution in [0.15, 0.2) is 12.4 Å². The second-order valence-electron chi connectivity index (χ2n) is 2.74. The van der Waals surface area contributed by atoms with Crippen molar-refractivity contribution in [2.45, 2.75) is 13.5 Å². The first-order valence-corrected chi connectivity index (χ1v) is 4.63. The Hall–Kier alpha value is -1.80. The molecule has 2 N–H and O–H groups in total. The number of hydrogen-bond donors (Lipinski definition) is 1. The van der Waals surface area contributed by atoms with Gasteiger partial charge in [-0.15, -0.1) is 0 Å². The van der Waals surface area contributed by atoms with E-state index in [1.54, 1.807) is 19.3 Å². The van der Waals surface area contributed by atoms with E-state index in [0.717, 1.165) is 5.56 Å². The molecule has 5 nitrogen and oxygen atoms in total. The molecular formula is C10H13N3O2. The van der Waals surface area contributed by atoms with E-state index in [9.17, 15) is 4.79 Å². The second kappa shape index (κ2) is 5.83. The maximum atomic E-state index is 11.1. The molecule has 0 fully saturated rings. The van der Waals surface area contributed by atoms with E-state index in [2.05, 4.69) is 16.9 Å². The number of aromatic nitrogens is 2. The number of carbonyl (C=O) groups is 1. The molecule has 0 radical (unpaired) electrons. The standard InChI is InChI=1S/C10H13N3O2/c1-2-15-10(14)8-13-7-9(6-12-13)4-3-5-11/h6-7H,2,5,8,11H2,1H3. The molecule has 0 spiro atoms. The van der Waals surface area contributed by atoms with Crippen molar-refractivity contribution in [3.05, 3.63) is 18.0 Å². The largest absolute Gasteiger partial charge is 0.465 e. The third-order valence-electron chi connectivity index (χ3n) is 1.56. The SMILES string of the molecule is CCOC(=O)Cn1cc(C#CCN)cn1. The Morgan fingerprint density at radius 3 is 3.20 bits per heavy atom. The van der Waals surface area contributed by atoms with Crippen LogP contribution in [0.3, 0.4) is 0 Å². The van der Waals surface area contributed by atoms with Crippen LogP contribution < -0.4 is 5.73 Å². The summed E-state index contributed by atoms with van der Waals surface area (Å²) in [6.45, 7) is 2.56. The van der Waals surface area contributed by atoms with Gasteiger partial charge in [-0.3, -0.25) is 9.48 Å². The van der Waals surface area contributed by atoms with Crippen molar-refractivity contribution in [2.24, 2.45) is 5.73 Å². The van der Waals surface area contributed by atoms with Crippen molar-refractivity contribution >= 4 is 5.97 Å². The normalized spacial score (nSPS) is 9.20. The highest BCUT2D eigenvalue weighted by molar-refractivity contribution is 5.69. The molecule has 0 aliphatic carbocycles. The van der Waals surface area contributed by atoms with Crippen LogP contribution in [0.25, 0.3) is 0 Å². The molecule has 1 rings (SSSR count). The third kappa shape index (κ3) is 3.83. The lowest BCUT2D eigenvalue weighted by atomic mass is 10.4. The van der Waals surface area contributed by atoms with Crippen LogP contribution in [-0.4, -0.2) is 28.9 Å². The highest BCUT2D eigenvalue weighted by Crippen LogP contribution is 1.95. The van der Waals surface area contributed by atoms with Crippen LogP contribution in [0.5, 0.6) is 0 Å². The zero-order valence-corrected chi connectivity index (χ0v) is 8.56. The number of carbonyl (C=O) groups excluding carboxylic acids is 1. The van der Waals surface area contributed by atoms with Crippen molar-refractivity contribution in [3.63, 3.8) is 0 Å². The van der Waals surface area contributed by atoms with Gasteiger partial charge in [-0.1, -0.05) is 11.8 Å². The van der Waals surface area contributed by atoms with E-state index in [1.165, 1.54) is 4.68 Å². The van der Waals surface area contributed by atoms with Gasteiger partial charge in [0.15, 0.2) is 0 Å². The molecule has 15 heavy (non-hydrogen) atoms. The van der Waals surface area contributed by atoms with Crippen LogP contribution in [0.2, 0.25) is 0 Å². The lowest BCUT2D eigenvalue weighted by Crippen LogP contribution is -2.13. The number of hydrogen-bond acceptors (Lipinski definition) is 4. The first-order valence-electron chi connectivity index (χ1n) is 4.63. The van der Waals surface area contributed by atoms with Crippen molar-refractivity contribution in [2.75, 3.05) is 13.2 Å².